The van der Waals surface area contributed by atoms with E-state index in [0.29, 0.717) is 0 Å². The number of nitrogens with one attached hydrogen (secondary N) is 1. The normalized spacial score (nSPS) is 16.0. The maximum absolute atomic E-state index is 6.13. The maximum atomic E-state index is 6.13. The third kappa shape index (κ3) is 3.92. The molecule has 3 nitrogen and oxygen atoms in total. The Bertz CT molecular complexity index is 1090. The minimum Gasteiger partial charge on any atom is -0.457 e. The van der Waals surface area contributed by atoms with Gasteiger partial charge in [0.1, 0.15) is 11.5 Å². The third-order valence-corrected chi connectivity index (χ3v) is 6.46. The van der Waals surface area contributed by atoms with Crippen molar-refractivity contribution < 1.29 is 4.74 Å². The molecule has 1 atom stereocenters. The van der Waals surface area contributed by atoms with Crippen LogP contribution in [0.15, 0.2) is 84.2 Å². The van der Waals surface area contributed by atoms with E-state index in [4.69, 9.17) is 4.74 Å². The quantitative estimate of drug-likeness (QED) is 0.466. The molecule has 1 N–H and O–H groups in total. The molecule has 1 saturated heterocycles. The van der Waals surface area contributed by atoms with Crippen LogP contribution in [0, 0.1) is 0 Å². The predicted octanol–water partition coefficient (Wildman–Crippen LogP) is 5.69. The second-order valence-electron chi connectivity index (χ2n) is 7.36. The fourth-order valence-corrected chi connectivity index (χ4v) is 5.09. The largest absolute Gasteiger partial charge is 0.457 e. The Labute approximate surface area is 175 Å². The van der Waals surface area contributed by atoms with Crippen LogP contribution in [0.25, 0.3) is 10.1 Å². The van der Waals surface area contributed by atoms with Crippen LogP contribution in [-0.2, 0) is 0 Å². The van der Waals surface area contributed by atoms with E-state index in [1.165, 1.54) is 21.2 Å². The average molecular weight is 401 g/mol. The number of thiophene rings is 1. The number of hydrogen-bond acceptors (Lipinski definition) is 4. The Hall–Kier alpha value is -2.66. The first kappa shape index (κ1) is 18.4. The van der Waals surface area contributed by atoms with E-state index in [9.17, 15) is 0 Å². The van der Waals surface area contributed by atoms with Crippen molar-refractivity contribution in [1.82, 2.24) is 10.2 Å². The second kappa shape index (κ2) is 8.37. The van der Waals surface area contributed by atoms with Crippen LogP contribution in [0.2, 0.25) is 0 Å². The molecule has 1 aliphatic rings. The molecule has 1 fully saturated rings. The number of fused-ring (bicyclic) bond motifs is 1. The lowest BCUT2D eigenvalue weighted by atomic mass is 9.95. The number of nitrogens with zero attached hydrogens (tertiary/aromatic N) is 1. The van der Waals surface area contributed by atoms with E-state index in [2.05, 4.69) is 58.1 Å². The van der Waals surface area contributed by atoms with Crippen LogP contribution >= 0.6 is 11.3 Å². The maximum Gasteiger partial charge on any atom is 0.127 e. The van der Waals surface area contributed by atoms with Crippen LogP contribution in [0.4, 0.5) is 0 Å². The molecule has 4 heteroatoms. The molecular weight excluding hydrogens is 376 g/mol. The minimum absolute atomic E-state index is 0.229. The van der Waals surface area contributed by atoms with Gasteiger partial charge in [0.25, 0.3) is 0 Å². The van der Waals surface area contributed by atoms with Gasteiger partial charge in [0.05, 0.1) is 6.04 Å². The molecule has 0 bridgehead atoms. The summed E-state index contributed by atoms with van der Waals surface area (Å²) in [6.07, 6.45) is 0. The number of benzene rings is 3. The van der Waals surface area contributed by atoms with Crippen molar-refractivity contribution in [2.45, 2.75) is 6.04 Å². The Morgan fingerprint density at radius 3 is 2.45 bits per heavy atom. The summed E-state index contributed by atoms with van der Waals surface area (Å²) < 4.78 is 7.48. The molecule has 0 aliphatic carbocycles. The molecule has 1 aliphatic heterocycles. The van der Waals surface area contributed by atoms with E-state index in [0.717, 1.165) is 37.7 Å². The van der Waals surface area contributed by atoms with Crippen molar-refractivity contribution in [3.63, 3.8) is 0 Å². The Morgan fingerprint density at radius 2 is 1.59 bits per heavy atom. The molecule has 3 aromatic carbocycles. The van der Waals surface area contributed by atoms with Crippen molar-refractivity contribution in [3.8, 4) is 11.5 Å². The summed E-state index contributed by atoms with van der Waals surface area (Å²) in [6.45, 7) is 4.13. The molecule has 146 valence electrons. The lowest BCUT2D eigenvalue weighted by Crippen LogP contribution is -2.45. The summed E-state index contributed by atoms with van der Waals surface area (Å²) in [5.41, 5.74) is 2.67. The molecule has 4 aromatic rings. The summed E-state index contributed by atoms with van der Waals surface area (Å²) in [5, 5.41) is 7.18. The van der Waals surface area contributed by atoms with Crippen LogP contribution in [-0.4, -0.2) is 31.1 Å². The molecular formula is C25H24N2OS. The van der Waals surface area contributed by atoms with Crippen LogP contribution < -0.4 is 10.1 Å². The minimum atomic E-state index is 0.229. The molecule has 29 heavy (non-hydrogen) atoms. The van der Waals surface area contributed by atoms with E-state index in [-0.39, 0.29) is 6.04 Å². The molecule has 0 radical (unpaired) electrons. The van der Waals surface area contributed by atoms with Gasteiger partial charge < -0.3 is 10.1 Å². The van der Waals surface area contributed by atoms with Crippen LogP contribution in [0.1, 0.15) is 17.2 Å². The second-order valence-corrected chi connectivity index (χ2v) is 8.27. The molecule has 0 amide bonds. The zero-order valence-electron chi connectivity index (χ0n) is 16.3. The van der Waals surface area contributed by atoms with Gasteiger partial charge in [-0.1, -0.05) is 48.5 Å². The Kier molecular flexibility index (Phi) is 5.31. The van der Waals surface area contributed by atoms with Crippen molar-refractivity contribution in [2.75, 3.05) is 26.2 Å². The molecule has 1 unspecified atom stereocenters. The highest BCUT2D eigenvalue weighted by Crippen LogP contribution is 2.38. The van der Waals surface area contributed by atoms with Crippen molar-refractivity contribution in [1.29, 1.82) is 0 Å². The fraction of sp³-hybridized carbons (Fsp3) is 0.200. The van der Waals surface area contributed by atoms with E-state index in [1.54, 1.807) is 0 Å². The average Bonchev–Trinajstić information content (AvgIpc) is 3.20. The van der Waals surface area contributed by atoms with Gasteiger partial charge >= 0.3 is 0 Å². The third-order valence-electron chi connectivity index (χ3n) is 5.47. The lowest BCUT2D eigenvalue weighted by Gasteiger charge is -2.35. The zero-order chi connectivity index (χ0) is 19.5. The lowest BCUT2D eigenvalue weighted by molar-refractivity contribution is 0.199. The standard InChI is InChI=1S/C25H24N2OS/c1-2-8-20(9-3-1)28-21-10-6-7-19(17-21)25(27-15-13-26-14-16-27)23-18-29-24-12-5-4-11-22(23)24/h1-12,17-18,25-26H,13-16H2. The number of ether oxygens (including phenoxy) is 1. The number of piperazine rings is 1. The molecule has 0 saturated carbocycles. The summed E-state index contributed by atoms with van der Waals surface area (Å²) in [4.78, 5) is 2.59. The molecule has 5 rings (SSSR count). The summed E-state index contributed by atoms with van der Waals surface area (Å²) >= 11 is 1.83. The van der Waals surface area contributed by atoms with Gasteiger partial charge in [-0.15, -0.1) is 11.3 Å². The van der Waals surface area contributed by atoms with Gasteiger partial charge in [0.15, 0.2) is 0 Å². The van der Waals surface area contributed by atoms with Gasteiger partial charge in [-0.2, -0.15) is 0 Å². The van der Waals surface area contributed by atoms with Gasteiger partial charge in [-0.05, 0) is 52.2 Å². The van der Waals surface area contributed by atoms with Gasteiger partial charge in [0, 0.05) is 30.9 Å². The number of para-hydroxylation sites is 1. The van der Waals surface area contributed by atoms with Crippen molar-refractivity contribution in [3.05, 3.63) is 95.4 Å². The van der Waals surface area contributed by atoms with Gasteiger partial charge in [-0.3, -0.25) is 4.90 Å². The smallest absolute Gasteiger partial charge is 0.127 e. The first-order valence-corrected chi connectivity index (χ1v) is 11.0. The van der Waals surface area contributed by atoms with Crippen LogP contribution in [0.5, 0.6) is 11.5 Å². The first-order chi connectivity index (χ1) is 14.4. The predicted molar refractivity (Wildman–Crippen MR) is 121 cm³/mol. The summed E-state index contributed by atoms with van der Waals surface area (Å²) in [7, 11) is 0. The Balaban J connectivity index is 1.55. The summed E-state index contributed by atoms with van der Waals surface area (Å²) in [5.74, 6) is 1.75. The topological polar surface area (TPSA) is 24.5 Å². The zero-order valence-corrected chi connectivity index (χ0v) is 17.1. The first-order valence-electron chi connectivity index (χ1n) is 10.1. The highest BCUT2D eigenvalue weighted by atomic mass is 32.1. The number of rotatable bonds is 5. The van der Waals surface area contributed by atoms with Gasteiger partial charge in [-0.25, -0.2) is 0 Å². The SMILES string of the molecule is c1ccc(Oc2cccc(C(c3csc4ccccc34)N3CCNCC3)c2)cc1. The molecule has 1 aromatic heterocycles. The van der Waals surface area contributed by atoms with E-state index >= 15 is 0 Å². The van der Waals surface area contributed by atoms with E-state index < -0.39 is 0 Å². The molecule has 2 heterocycles. The van der Waals surface area contributed by atoms with Crippen molar-refractivity contribution >= 4 is 21.4 Å². The highest BCUT2D eigenvalue weighted by Gasteiger charge is 2.26. The number of hydrogen-bond donors (Lipinski definition) is 1. The summed E-state index contributed by atoms with van der Waals surface area (Å²) in [6, 6.07) is 27.5. The fourth-order valence-electron chi connectivity index (χ4n) is 4.11. The Morgan fingerprint density at radius 1 is 0.828 bits per heavy atom. The van der Waals surface area contributed by atoms with Crippen molar-refractivity contribution in [2.24, 2.45) is 0 Å². The highest BCUT2D eigenvalue weighted by molar-refractivity contribution is 7.17. The molecule has 0 spiro atoms. The van der Waals surface area contributed by atoms with Gasteiger partial charge in [0.2, 0.25) is 0 Å². The van der Waals surface area contributed by atoms with E-state index in [1.807, 2.05) is 47.7 Å². The van der Waals surface area contributed by atoms with Crippen LogP contribution in [0.3, 0.4) is 0 Å². The monoisotopic (exact) mass is 400 g/mol.